The number of benzene rings is 2. The van der Waals surface area contributed by atoms with E-state index in [0.717, 1.165) is 15.6 Å². The Morgan fingerprint density at radius 1 is 1.13 bits per heavy atom. The number of carbonyl (C=O) groups excluding carboxylic acids is 2. The second-order valence-electron chi connectivity index (χ2n) is 6.71. The summed E-state index contributed by atoms with van der Waals surface area (Å²) in [5, 5.41) is 12.2. The van der Waals surface area contributed by atoms with Crippen LogP contribution in [0.3, 0.4) is 0 Å². The van der Waals surface area contributed by atoms with Gasteiger partial charge in [0.15, 0.2) is 11.5 Å². The second kappa shape index (κ2) is 8.58. The normalized spacial score (nSPS) is 12.3. The predicted molar refractivity (Wildman–Crippen MR) is 115 cm³/mol. The lowest BCUT2D eigenvalue weighted by molar-refractivity contribution is -0.115. The number of amides is 2. The van der Waals surface area contributed by atoms with Gasteiger partial charge in [-0.15, -0.1) is 0 Å². The number of H-pyrrole nitrogens is 1. The number of aromatic nitrogens is 2. The minimum Gasteiger partial charge on any atom is -0.486 e. The van der Waals surface area contributed by atoms with Crippen molar-refractivity contribution in [3.8, 4) is 22.8 Å². The largest absolute Gasteiger partial charge is 0.486 e. The molecule has 154 valence electrons. The van der Waals surface area contributed by atoms with Gasteiger partial charge in [-0.1, -0.05) is 15.9 Å². The number of aryl methyl sites for hydroxylation is 1. The molecule has 1 aliphatic rings. The van der Waals surface area contributed by atoms with Gasteiger partial charge in [0, 0.05) is 15.7 Å². The van der Waals surface area contributed by atoms with Gasteiger partial charge in [-0.05, 0) is 48.9 Å². The van der Waals surface area contributed by atoms with Gasteiger partial charge in [0.25, 0.3) is 5.91 Å². The van der Waals surface area contributed by atoms with Gasteiger partial charge in [0.05, 0.1) is 24.0 Å². The van der Waals surface area contributed by atoms with Crippen molar-refractivity contribution in [1.29, 1.82) is 0 Å². The molecule has 0 atom stereocenters. The number of nitrogens with one attached hydrogen (secondary N) is 3. The molecule has 9 heteroatoms. The van der Waals surface area contributed by atoms with Crippen LogP contribution in [0.25, 0.3) is 11.3 Å². The minimum atomic E-state index is -0.406. The first kappa shape index (κ1) is 20.0. The molecule has 0 spiro atoms. The number of aromatic amines is 1. The van der Waals surface area contributed by atoms with Crippen LogP contribution in [0.4, 0.5) is 5.69 Å². The van der Waals surface area contributed by atoms with Gasteiger partial charge in [-0.2, -0.15) is 5.10 Å². The van der Waals surface area contributed by atoms with Gasteiger partial charge in [-0.3, -0.25) is 14.7 Å². The number of hydrogen-bond acceptors (Lipinski definition) is 5. The van der Waals surface area contributed by atoms with Gasteiger partial charge in [0.1, 0.15) is 13.2 Å². The number of nitrogens with zero attached hydrogens (tertiary/aromatic N) is 1. The number of rotatable bonds is 5. The van der Waals surface area contributed by atoms with Crippen LogP contribution >= 0.6 is 15.9 Å². The fourth-order valence-electron chi connectivity index (χ4n) is 3.09. The van der Waals surface area contributed by atoms with Crippen LogP contribution in [0.15, 0.2) is 47.1 Å². The van der Waals surface area contributed by atoms with Gasteiger partial charge < -0.3 is 20.1 Å². The maximum absolute atomic E-state index is 12.6. The number of ether oxygens (including phenoxy) is 2. The summed E-state index contributed by atoms with van der Waals surface area (Å²) in [4.78, 5) is 24.9. The molecule has 3 aromatic rings. The second-order valence-corrected chi connectivity index (χ2v) is 7.62. The summed E-state index contributed by atoms with van der Waals surface area (Å²) in [6.07, 6.45) is 1.43. The van der Waals surface area contributed by atoms with Crippen molar-refractivity contribution in [3.63, 3.8) is 0 Å². The summed E-state index contributed by atoms with van der Waals surface area (Å²) >= 11 is 3.39. The van der Waals surface area contributed by atoms with Crippen LogP contribution in [-0.4, -0.2) is 41.8 Å². The molecule has 1 aliphatic heterocycles. The average molecular weight is 471 g/mol. The maximum Gasteiger partial charge on any atom is 0.255 e. The smallest absolute Gasteiger partial charge is 0.255 e. The van der Waals surface area contributed by atoms with E-state index < -0.39 is 5.91 Å². The van der Waals surface area contributed by atoms with E-state index in [4.69, 9.17) is 9.47 Å². The molecule has 0 aliphatic carbocycles. The first-order chi connectivity index (χ1) is 14.5. The van der Waals surface area contributed by atoms with E-state index in [9.17, 15) is 9.59 Å². The lowest BCUT2D eigenvalue weighted by Gasteiger charge is -2.18. The Balaban J connectivity index is 1.42. The van der Waals surface area contributed by atoms with Crippen LogP contribution in [0.5, 0.6) is 11.5 Å². The van der Waals surface area contributed by atoms with Crippen molar-refractivity contribution in [2.75, 3.05) is 25.1 Å². The molecule has 1 aromatic heterocycles. The third kappa shape index (κ3) is 4.30. The number of fused-ring (bicyclic) bond motifs is 1. The monoisotopic (exact) mass is 470 g/mol. The molecule has 2 amide bonds. The van der Waals surface area contributed by atoms with E-state index in [0.29, 0.717) is 41.7 Å². The van der Waals surface area contributed by atoms with Gasteiger partial charge >= 0.3 is 0 Å². The van der Waals surface area contributed by atoms with Gasteiger partial charge in [0.2, 0.25) is 5.91 Å². The lowest BCUT2D eigenvalue weighted by Crippen LogP contribution is -2.33. The Labute approximate surface area is 181 Å². The molecule has 2 heterocycles. The lowest BCUT2D eigenvalue weighted by atomic mass is 10.1. The molecule has 0 bridgehead atoms. The zero-order valence-electron chi connectivity index (χ0n) is 16.1. The van der Waals surface area contributed by atoms with E-state index in [1.807, 2.05) is 25.1 Å². The van der Waals surface area contributed by atoms with Crippen molar-refractivity contribution in [3.05, 3.63) is 58.2 Å². The van der Waals surface area contributed by atoms with Crippen LogP contribution < -0.4 is 20.1 Å². The van der Waals surface area contributed by atoms with Crippen molar-refractivity contribution in [2.45, 2.75) is 6.92 Å². The Bertz CT molecular complexity index is 1110. The maximum atomic E-state index is 12.6. The number of anilines is 1. The molecule has 8 nitrogen and oxygen atoms in total. The summed E-state index contributed by atoms with van der Waals surface area (Å²) in [5.41, 5.74) is 3.21. The Kier molecular flexibility index (Phi) is 5.71. The molecule has 3 N–H and O–H groups in total. The molecular weight excluding hydrogens is 452 g/mol. The average Bonchev–Trinajstić information content (AvgIpc) is 3.24. The highest BCUT2D eigenvalue weighted by Gasteiger charge is 2.19. The summed E-state index contributed by atoms with van der Waals surface area (Å²) in [6.45, 7) is 2.70. The Hall–Kier alpha value is -3.33. The first-order valence-electron chi connectivity index (χ1n) is 9.29. The van der Waals surface area contributed by atoms with Crippen molar-refractivity contribution < 1.29 is 19.1 Å². The van der Waals surface area contributed by atoms with Crippen LogP contribution in [0.2, 0.25) is 0 Å². The van der Waals surface area contributed by atoms with Crippen LogP contribution in [-0.2, 0) is 4.79 Å². The Morgan fingerprint density at radius 2 is 1.93 bits per heavy atom. The molecule has 0 saturated heterocycles. The van der Waals surface area contributed by atoms with Crippen molar-refractivity contribution in [1.82, 2.24) is 15.5 Å². The van der Waals surface area contributed by atoms with Crippen LogP contribution in [0.1, 0.15) is 15.9 Å². The van der Waals surface area contributed by atoms with E-state index in [-0.39, 0.29) is 12.5 Å². The third-order valence-corrected chi connectivity index (χ3v) is 5.08. The molecule has 4 rings (SSSR count). The van der Waals surface area contributed by atoms with Crippen LogP contribution in [0, 0.1) is 6.92 Å². The Morgan fingerprint density at radius 3 is 2.73 bits per heavy atom. The van der Waals surface area contributed by atoms with Crippen molar-refractivity contribution in [2.24, 2.45) is 0 Å². The molecule has 0 saturated carbocycles. The molecule has 0 radical (unpaired) electrons. The van der Waals surface area contributed by atoms with Gasteiger partial charge in [-0.25, -0.2) is 0 Å². The van der Waals surface area contributed by atoms with E-state index in [2.05, 4.69) is 36.8 Å². The summed E-state index contributed by atoms with van der Waals surface area (Å²) in [5.74, 6) is 0.550. The quantitative estimate of drug-likeness (QED) is 0.530. The SMILES string of the molecule is Cc1cc(Br)ccc1NC(=O)CNC(=O)c1cn[nH]c1-c1ccc2c(c1)OCCO2. The fourth-order valence-corrected chi connectivity index (χ4v) is 3.57. The number of hydrogen-bond donors (Lipinski definition) is 3. The third-order valence-electron chi connectivity index (χ3n) is 4.59. The van der Waals surface area contributed by atoms with E-state index >= 15 is 0 Å². The molecule has 2 aromatic carbocycles. The fraction of sp³-hybridized carbons (Fsp3) is 0.190. The predicted octanol–water partition coefficient (Wildman–Crippen LogP) is 3.29. The summed E-state index contributed by atoms with van der Waals surface area (Å²) in [7, 11) is 0. The highest BCUT2D eigenvalue weighted by atomic mass is 79.9. The molecule has 30 heavy (non-hydrogen) atoms. The zero-order chi connectivity index (χ0) is 21.1. The minimum absolute atomic E-state index is 0.167. The highest BCUT2D eigenvalue weighted by Crippen LogP contribution is 2.34. The molecular formula is C21H19BrN4O4. The first-order valence-corrected chi connectivity index (χ1v) is 10.1. The highest BCUT2D eigenvalue weighted by molar-refractivity contribution is 9.10. The topological polar surface area (TPSA) is 105 Å². The van der Waals surface area contributed by atoms with Crippen molar-refractivity contribution >= 4 is 33.4 Å². The molecule has 0 fully saturated rings. The number of carbonyl (C=O) groups is 2. The summed E-state index contributed by atoms with van der Waals surface area (Å²) < 4.78 is 12.1. The van der Waals surface area contributed by atoms with E-state index in [1.165, 1.54) is 6.20 Å². The van der Waals surface area contributed by atoms with E-state index in [1.54, 1.807) is 18.2 Å². The molecule has 0 unspecified atom stereocenters. The standard InChI is InChI=1S/C21H19BrN4O4/c1-12-8-14(22)3-4-16(12)25-19(27)11-23-21(28)15-10-24-26-20(15)13-2-5-17-18(9-13)30-7-6-29-17/h2-5,8-10H,6-7,11H2,1H3,(H,23,28)(H,24,26)(H,25,27). The summed E-state index contributed by atoms with van der Waals surface area (Å²) in [6, 6.07) is 10.9. The zero-order valence-corrected chi connectivity index (χ0v) is 17.7. The number of halogens is 1.